The third-order valence-electron chi connectivity index (χ3n) is 2.59. The highest BCUT2D eigenvalue weighted by atomic mass is 32.2. The lowest BCUT2D eigenvalue weighted by Gasteiger charge is -2.05. The van der Waals surface area contributed by atoms with Crippen LogP contribution in [0.3, 0.4) is 0 Å². The Balaban J connectivity index is 2.00. The number of amides is 1. The normalized spacial score (nSPS) is 16.8. The summed E-state index contributed by atoms with van der Waals surface area (Å²) < 4.78 is 5.59. The largest absolute Gasteiger partial charge is 0.494 e. The molecule has 100 valence electrons. The number of hydrogen-bond donors (Lipinski definition) is 1. The summed E-state index contributed by atoms with van der Waals surface area (Å²) in [4.78, 5) is 12.4. The fourth-order valence-electron chi connectivity index (χ4n) is 1.57. The molecule has 0 spiro atoms. The molecule has 1 N–H and O–H groups in total. The van der Waals surface area contributed by atoms with E-state index in [0.717, 1.165) is 47.4 Å². The van der Waals surface area contributed by atoms with Gasteiger partial charge in [0.25, 0.3) is 5.24 Å². The Kier molecular flexibility index (Phi) is 4.99. The van der Waals surface area contributed by atoms with Crippen LogP contribution in [0.5, 0.6) is 5.75 Å². The van der Waals surface area contributed by atoms with E-state index >= 15 is 0 Å². The summed E-state index contributed by atoms with van der Waals surface area (Å²) in [5.74, 6) is 0.867. The lowest BCUT2D eigenvalue weighted by molar-refractivity contribution is 0.265. The molecule has 0 saturated carbocycles. The lowest BCUT2D eigenvalue weighted by atomic mass is 10.2. The number of thiocarbonyl (C=S) groups is 1. The highest BCUT2D eigenvalue weighted by molar-refractivity contribution is 8.19. The molecule has 0 unspecified atom stereocenters. The fourth-order valence-corrected chi connectivity index (χ4v) is 2.60. The van der Waals surface area contributed by atoms with E-state index in [1.54, 1.807) is 0 Å². The number of ether oxygens (including phenoxy) is 1. The molecule has 1 aliphatic heterocycles. The number of rotatable bonds is 5. The summed E-state index contributed by atoms with van der Waals surface area (Å²) >= 11 is 6.20. The lowest BCUT2D eigenvalue weighted by Crippen LogP contribution is -2.15. The van der Waals surface area contributed by atoms with Gasteiger partial charge in [-0.05, 0) is 42.0 Å². The van der Waals surface area contributed by atoms with Gasteiger partial charge in [0.05, 0.1) is 11.5 Å². The predicted octanol–water partition coefficient (Wildman–Crippen LogP) is 3.99. The van der Waals surface area contributed by atoms with Crippen molar-refractivity contribution in [2.75, 3.05) is 6.61 Å². The minimum absolute atomic E-state index is 0.115. The van der Waals surface area contributed by atoms with Crippen LogP contribution in [-0.2, 0) is 0 Å². The molecule has 1 amide bonds. The van der Waals surface area contributed by atoms with Crippen LogP contribution in [-0.4, -0.2) is 16.8 Å². The van der Waals surface area contributed by atoms with E-state index in [4.69, 9.17) is 17.0 Å². The summed E-state index contributed by atoms with van der Waals surface area (Å²) in [5, 5.41) is 2.48. The van der Waals surface area contributed by atoms with Crippen LogP contribution in [0.15, 0.2) is 29.2 Å². The second-order valence-electron chi connectivity index (χ2n) is 4.12. The quantitative estimate of drug-likeness (QED) is 0.506. The van der Waals surface area contributed by atoms with E-state index in [1.165, 1.54) is 0 Å². The van der Waals surface area contributed by atoms with Crippen molar-refractivity contribution >= 4 is 40.3 Å². The van der Waals surface area contributed by atoms with Gasteiger partial charge in [-0.2, -0.15) is 0 Å². The first-order chi connectivity index (χ1) is 9.19. The van der Waals surface area contributed by atoms with Crippen LogP contribution in [0.1, 0.15) is 25.3 Å². The van der Waals surface area contributed by atoms with Crippen molar-refractivity contribution in [3.63, 3.8) is 0 Å². The van der Waals surface area contributed by atoms with E-state index in [2.05, 4.69) is 12.2 Å². The van der Waals surface area contributed by atoms with Gasteiger partial charge in [-0.25, -0.2) is 0 Å². The van der Waals surface area contributed by atoms with Crippen molar-refractivity contribution < 1.29 is 9.53 Å². The van der Waals surface area contributed by atoms with Gasteiger partial charge in [-0.3, -0.25) is 4.79 Å². The molecule has 1 saturated heterocycles. The van der Waals surface area contributed by atoms with Gasteiger partial charge in [0.15, 0.2) is 0 Å². The standard InChI is InChI=1S/C14H15NO2S2/c1-2-3-8-17-11-6-4-10(5-7-11)9-12-13(18)15-14(16)19-12/h4-7,9H,2-3,8H2,1H3,(H,15,16,18)/b12-9-. The van der Waals surface area contributed by atoms with E-state index < -0.39 is 0 Å². The van der Waals surface area contributed by atoms with Gasteiger partial charge < -0.3 is 10.1 Å². The molecule has 5 heteroatoms. The number of nitrogens with one attached hydrogen (secondary N) is 1. The zero-order chi connectivity index (χ0) is 13.7. The Morgan fingerprint density at radius 2 is 2.11 bits per heavy atom. The number of carbonyl (C=O) groups is 1. The van der Waals surface area contributed by atoms with Crippen molar-refractivity contribution in [2.24, 2.45) is 0 Å². The molecule has 1 aliphatic rings. The topological polar surface area (TPSA) is 38.3 Å². The first kappa shape index (κ1) is 14.1. The average Bonchev–Trinajstić information content (AvgIpc) is 2.70. The van der Waals surface area contributed by atoms with E-state index in [0.29, 0.717) is 4.99 Å². The monoisotopic (exact) mass is 293 g/mol. The molecule has 0 radical (unpaired) electrons. The predicted molar refractivity (Wildman–Crippen MR) is 83.5 cm³/mol. The molecule has 19 heavy (non-hydrogen) atoms. The maximum Gasteiger partial charge on any atom is 0.289 e. The summed E-state index contributed by atoms with van der Waals surface area (Å²) in [6.07, 6.45) is 4.09. The van der Waals surface area contributed by atoms with Crippen LogP contribution in [0.25, 0.3) is 6.08 Å². The SMILES string of the molecule is CCCCOc1ccc(/C=C2\SC(=O)NC2=S)cc1. The maximum absolute atomic E-state index is 11.2. The number of hydrogen-bond acceptors (Lipinski definition) is 4. The number of benzene rings is 1. The Morgan fingerprint density at radius 3 is 2.68 bits per heavy atom. The van der Waals surface area contributed by atoms with Gasteiger partial charge in [-0.15, -0.1) is 0 Å². The van der Waals surface area contributed by atoms with Gasteiger partial charge in [0.2, 0.25) is 0 Å². The molecule has 3 nitrogen and oxygen atoms in total. The fraction of sp³-hybridized carbons (Fsp3) is 0.286. The number of carbonyl (C=O) groups excluding carboxylic acids is 1. The molecule has 2 rings (SSSR count). The highest BCUT2D eigenvalue weighted by Gasteiger charge is 2.21. The van der Waals surface area contributed by atoms with Gasteiger partial charge in [0.1, 0.15) is 10.7 Å². The molecule has 1 aromatic carbocycles. The molecule has 1 heterocycles. The van der Waals surface area contributed by atoms with Crippen LogP contribution in [0.2, 0.25) is 0 Å². The van der Waals surface area contributed by atoms with Crippen molar-refractivity contribution in [1.82, 2.24) is 5.32 Å². The van der Waals surface area contributed by atoms with Crippen molar-refractivity contribution in [2.45, 2.75) is 19.8 Å². The minimum atomic E-state index is -0.115. The Labute approximate surface area is 122 Å². The number of thioether (sulfide) groups is 1. The molecule has 1 aromatic rings. The van der Waals surface area contributed by atoms with Crippen LogP contribution in [0.4, 0.5) is 4.79 Å². The summed E-state index contributed by atoms with van der Waals surface area (Å²) in [5.41, 5.74) is 1.00. The molecule has 1 fully saturated rings. The highest BCUT2D eigenvalue weighted by Crippen LogP contribution is 2.27. The first-order valence-corrected chi connectivity index (χ1v) is 7.39. The Bertz CT molecular complexity index is 509. The summed E-state index contributed by atoms with van der Waals surface area (Å²) in [7, 11) is 0. The zero-order valence-corrected chi connectivity index (χ0v) is 12.3. The number of unbranched alkanes of at least 4 members (excludes halogenated alkanes) is 1. The third kappa shape index (κ3) is 4.08. The molecule has 0 atom stereocenters. The summed E-state index contributed by atoms with van der Waals surface area (Å²) in [6.45, 7) is 2.88. The average molecular weight is 293 g/mol. The molecule has 0 bridgehead atoms. The van der Waals surface area contributed by atoms with Crippen molar-refractivity contribution in [3.8, 4) is 5.75 Å². The first-order valence-electron chi connectivity index (χ1n) is 6.17. The van der Waals surface area contributed by atoms with Crippen LogP contribution in [0, 0.1) is 0 Å². The van der Waals surface area contributed by atoms with E-state index in [-0.39, 0.29) is 5.24 Å². The zero-order valence-electron chi connectivity index (χ0n) is 10.6. The van der Waals surface area contributed by atoms with E-state index in [9.17, 15) is 4.79 Å². The molecular formula is C14H15NO2S2. The summed E-state index contributed by atoms with van der Waals surface area (Å²) in [6, 6.07) is 7.78. The van der Waals surface area contributed by atoms with Crippen LogP contribution >= 0.6 is 24.0 Å². The van der Waals surface area contributed by atoms with Gasteiger partial charge >= 0.3 is 0 Å². The molecular weight excluding hydrogens is 278 g/mol. The molecule has 0 aromatic heterocycles. The smallest absolute Gasteiger partial charge is 0.289 e. The van der Waals surface area contributed by atoms with Crippen molar-refractivity contribution in [1.29, 1.82) is 0 Å². The van der Waals surface area contributed by atoms with E-state index in [1.807, 2.05) is 30.3 Å². The van der Waals surface area contributed by atoms with Crippen molar-refractivity contribution in [3.05, 3.63) is 34.7 Å². The maximum atomic E-state index is 11.2. The van der Waals surface area contributed by atoms with Crippen LogP contribution < -0.4 is 10.1 Å². The second-order valence-corrected chi connectivity index (χ2v) is 5.55. The minimum Gasteiger partial charge on any atom is -0.494 e. The Morgan fingerprint density at radius 1 is 1.37 bits per heavy atom. The second kappa shape index (κ2) is 6.73. The van der Waals surface area contributed by atoms with Gasteiger partial charge in [0, 0.05) is 0 Å². The third-order valence-corrected chi connectivity index (χ3v) is 3.87. The molecule has 0 aliphatic carbocycles. The van der Waals surface area contributed by atoms with Gasteiger partial charge in [-0.1, -0.05) is 37.7 Å². The Hall–Kier alpha value is -1.33.